The number of benzene rings is 2. The molecule has 0 unspecified atom stereocenters. The Morgan fingerprint density at radius 2 is 1.75 bits per heavy atom. The number of carbonyl (C=O) groups excluding carboxylic acids is 2. The molecule has 0 atom stereocenters. The van der Waals surface area contributed by atoms with Crippen LogP contribution in [0.15, 0.2) is 48.5 Å². The number of ether oxygens (including phenoxy) is 1. The maximum atomic E-state index is 13.4. The summed E-state index contributed by atoms with van der Waals surface area (Å²) < 4.78 is 18.0. The molecule has 124 valence electrons. The minimum absolute atomic E-state index is 0.226. The summed E-state index contributed by atoms with van der Waals surface area (Å²) in [7, 11) is 4.82. The van der Waals surface area contributed by atoms with E-state index in [1.807, 2.05) is 0 Å². The van der Waals surface area contributed by atoms with E-state index in [0.29, 0.717) is 16.8 Å². The average molecular weight is 327 g/mol. The van der Waals surface area contributed by atoms with Crippen molar-refractivity contribution in [3.05, 3.63) is 71.0 Å². The Morgan fingerprint density at radius 1 is 1.08 bits per heavy atom. The van der Waals surface area contributed by atoms with E-state index in [9.17, 15) is 14.0 Å². The van der Waals surface area contributed by atoms with Gasteiger partial charge in [0, 0.05) is 19.7 Å². The molecule has 0 bridgehead atoms. The quantitative estimate of drug-likeness (QED) is 0.478. The number of hydrogen-bond donors (Lipinski definition) is 0. The fourth-order valence-electron chi connectivity index (χ4n) is 2.19. The second-order valence-electron chi connectivity index (χ2n) is 5.37. The molecule has 5 heteroatoms. The molecule has 0 aliphatic carbocycles. The third-order valence-electron chi connectivity index (χ3n) is 3.47. The summed E-state index contributed by atoms with van der Waals surface area (Å²) >= 11 is 0. The van der Waals surface area contributed by atoms with E-state index in [0.717, 1.165) is 5.56 Å². The largest absolute Gasteiger partial charge is 0.465 e. The van der Waals surface area contributed by atoms with Crippen molar-refractivity contribution >= 4 is 23.5 Å². The van der Waals surface area contributed by atoms with E-state index in [1.54, 1.807) is 49.3 Å². The molecule has 0 aliphatic heterocycles. The standard InChI is InChI=1S/C19H18FNO3/c1-21(2)17-12-15(20)9-10-16(17)18(22)11-6-13-4-7-14(8-5-13)19(23)24-3/h4-12H,1-3H3. The predicted octanol–water partition coefficient (Wildman–Crippen LogP) is 3.57. The Bertz CT molecular complexity index is 780. The molecule has 2 rings (SSSR count). The van der Waals surface area contributed by atoms with Crippen molar-refractivity contribution in [1.82, 2.24) is 0 Å². The number of methoxy groups -OCH3 is 1. The first kappa shape index (κ1) is 17.4. The maximum absolute atomic E-state index is 13.4. The Hall–Kier alpha value is -2.95. The molecule has 4 nitrogen and oxygen atoms in total. The fraction of sp³-hybridized carbons (Fsp3) is 0.158. The van der Waals surface area contributed by atoms with Crippen LogP contribution in [0.4, 0.5) is 10.1 Å². The summed E-state index contributed by atoms with van der Waals surface area (Å²) in [5.41, 5.74) is 2.15. The lowest BCUT2D eigenvalue weighted by molar-refractivity contribution is 0.0600. The lowest BCUT2D eigenvalue weighted by Crippen LogP contribution is -2.13. The number of carbonyl (C=O) groups is 2. The molecular weight excluding hydrogens is 309 g/mol. The molecule has 24 heavy (non-hydrogen) atoms. The van der Waals surface area contributed by atoms with Crippen molar-refractivity contribution in [3.8, 4) is 0 Å². The molecule has 2 aromatic rings. The highest BCUT2D eigenvalue weighted by Gasteiger charge is 2.11. The van der Waals surface area contributed by atoms with Crippen LogP contribution < -0.4 is 4.90 Å². The van der Waals surface area contributed by atoms with Gasteiger partial charge in [-0.15, -0.1) is 0 Å². The van der Waals surface area contributed by atoms with Crippen LogP contribution in [0.5, 0.6) is 0 Å². The number of ketones is 1. The molecule has 0 aliphatic rings. The molecule has 0 radical (unpaired) electrons. The molecule has 0 saturated heterocycles. The summed E-state index contributed by atoms with van der Waals surface area (Å²) in [5, 5.41) is 0. The van der Waals surface area contributed by atoms with Crippen LogP contribution in [0.25, 0.3) is 6.08 Å². The first-order valence-electron chi connectivity index (χ1n) is 7.30. The van der Waals surface area contributed by atoms with Crippen molar-refractivity contribution in [2.45, 2.75) is 0 Å². The van der Waals surface area contributed by atoms with Crippen LogP contribution in [-0.2, 0) is 4.74 Å². The second-order valence-corrected chi connectivity index (χ2v) is 5.37. The normalized spacial score (nSPS) is 10.7. The van der Waals surface area contributed by atoms with Gasteiger partial charge in [-0.1, -0.05) is 18.2 Å². The van der Waals surface area contributed by atoms with Gasteiger partial charge in [0.1, 0.15) is 5.82 Å². The average Bonchev–Trinajstić information content (AvgIpc) is 2.59. The minimum Gasteiger partial charge on any atom is -0.465 e. The van der Waals surface area contributed by atoms with Crippen molar-refractivity contribution in [1.29, 1.82) is 0 Å². The van der Waals surface area contributed by atoms with E-state index < -0.39 is 11.8 Å². The highest BCUT2D eigenvalue weighted by Crippen LogP contribution is 2.21. The zero-order chi connectivity index (χ0) is 17.7. The Labute approximate surface area is 140 Å². The highest BCUT2D eigenvalue weighted by molar-refractivity contribution is 6.10. The van der Waals surface area contributed by atoms with Crippen LogP contribution in [0.2, 0.25) is 0 Å². The number of rotatable bonds is 5. The first-order chi connectivity index (χ1) is 11.4. The SMILES string of the molecule is COC(=O)c1ccc(C=CC(=O)c2ccc(F)cc2N(C)C)cc1. The topological polar surface area (TPSA) is 46.6 Å². The monoisotopic (exact) mass is 327 g/mol. The molecule has 0 spiro atoms. The number of halogens is 1. The van der Waals surface area contributed by atoms with Gasteiger partial charge in [-0.3, -0.25) is 4.79 Å². The van der Waals surface area contributed by atoms with Crippen LogP contribution in [0, 0.1) is 5.82 Å². The van der Waals surface area contributed by atoms with Gasteiger partial charge in [-0.25, -0.2) is 9.18 Å². The summed E-state index contributed by atoms with van der Waals surface area (Å²) in [6.45, 7) is 0. The molecule has 2 aromatic carbocycles. The second kappa shape index (κ2) is 7.55. The van der Waals surface area contributed by atoms with Gasteiger partial charge in [-0.2, -0.15) is 0 Å². The highest BCUT2D eigenvalue weighted by atomic mass is 19.1. The molecule has 0 saturated carbocycles. The van der Waals surface area contributed by atoms with Crippen molar-refractivity contribution in [2.24, 2.45) is 0 Å². The lowest BCUT2D eigenvalue weighted by atomic mass is 10.1. The van der Waals surface area contributed by atoms with Crippen LogP contribution in [0.3, 0.4) is 0 Å². The van der Waals surface area contributed by atoms with Crippen molar-refractivity contribution < 1.29 is 18.7 Å². The van der Waals surface area contributed by atoms with Crippen molar-refractivity contribution in [3.63, 3.8) is 0 Å². The summed E-state index contributed by atoms with van der Waals surface area (Å²) in [5.74, 6) is -1.03. The number of esters is 1. The lowest BCUT2D eigenvalue weighted by Gasteiger charge is -2.15. The zero-order valence-electron chi connectivity index (χ0n) is 13.7. The number of anilines is 1. The van der Waals surface area contributed by atoms with Gasteiger partial charge in [0.25, 0.3) is 0 Å². The Morgan fingerprint density at radius 3 is 2.33 bits per heavy atom. The van der Waals surface area contributed by atoms with Gasteiger partial charge in [0.2, 0.25) is 0 Å². The third-order valence-corrected chi connectivity index (χ3v) is 3.47. The molecule has 0 amide bonds. The van der Waals surface area contributed by atoms with E-state index >= 15 is 0 Å². The molecular formula is C19H18FNO3. The Kier molecular flexibility index (Phi) is 5.47. The van der Waals surface area contributed by atoms with E-state index in [4.69, 9.17) is 0 Å². The summed E-state index contributed by atoms with van der Waals surface area (Å²) in [4.78, 5) is 25.4. The summed E-state index contributed by atoms with van der Waals surface area (Å²) in [6.07, 6.45) is 3.07. The van der Waals surface area contributed by atoms with E-state index in [2.05, 4.69) is 4.74 Å². The Balaban J connectivity index is 2.20. The zero-order valence-corrected chi connectivity index (χ0v) is 13.7. The number of hydrogen-bond acceptors (Lipinski definition) is 4. The predicted molar refractivity (Wildman–Crippen MR) is 91.9 cm³/mol. The molecule has 0 N–H and O–H groups in total. The number of nitrogens with zero attached hydrogens (tertiary/aromatic N) is 1. The van der Waals surface area contributed by atoms with E-state index in [1.165, 1.54) is 31.4 Å². The van der Waals surface area contributed by atoms with Crippen LogP contribution >= 0.6 is 0 Å². The molecule has 0 heterocycles. The smallest absolute Gasteiger partial charge is 0.337 e. The molecule has 0 aromatic heterocycles. The maximum Gasteiger partial charge on any atom is 0.337 e. The van der Waals surface area contributed by atoms with Crippen LogP contribution in [-0.4, -0.2) is 33.0 Å². The van der Waals surface area contributed by atoms with Gasteiger partial charge < -0.3 is 9.64 Å². The van der Waals surface area contributed by atoms with Gasteiger partial charge >= 0.3 is 5.97 Å². The van der Waals surface area contributed by atoms with Gasteiger partial charge in [-0.05, 0) is 42.0 Å². The summed E-state index contributed by atoms with van der Waals surface area (Å²) in [6, 6.07) is 10.7. The van der Waals surface area contributed by atoms with Gasteiger partial charge in [0.15, 0.2) is 5.78 Å². The minimum atomic E-state index is -0.413. The fourth-order valence-corrected chi connectivity index (χ4v) is 2.19. The third kappa shape index (κ3) is 4.07. The van der Waals surface area contributed by atoms with Gasteiger partial charge in [0.05, 0.1) is 18.4 Å². The van der Waals surface area contributed by atoms with Crippen LogP contribution in [0.1, 0.15) is 26.3 Å². The molecule has 0 fully saturated rings. The first-order valence-corrected chi connectivity index (χ1v) is 7.30. The van der Waals surface area contributed by atoms with Crippen molar-refractivity contribution in [2.75, 3.05) is 26.1 Å². The number of allylic oxidation sites excluding steroid dienone is 1. The van der Waals surface area contributed by atoms with E-state index in [-0.39, 0.29) is 5.78 Å².